The first kappa shape index (κ1) is 16.2. The van der Waals surface area contributed by atoms with Crippen molar-refractivity contribution in [1.29, 1.82) is 0 Å². The normalized spacial score (nSPS) is 20.2. The van der Waals surface area contributed by atoms with E-state index in [0.717, 1.165) is 18.7 Å². The molecule has 0 spiro atoms. The molecule has 1 fully saturated rings. The summed E-state index contributed by atoms with van der Waals surface area (Å²) >= 11 is 6.12. The molecule has 21 heavy (non-hydrogen) atoms. The SMILES string of the molecule is CCC1(C(=O)O)CCN(C(C)c2ccc(F)cc2Cl)CC1. The fourth-order valence-corrected chi connectivity index (χ4v) is 3.42. The Kier molecular flexibility index (Phi) is 4.89. The Morgan fingerprint density at radius 1 is 1.48 bits per heavy atom. The van der Waals surface area contributed by atoms with Crippen LogP contribution >= 0.6 is 11.6 Å². The van der Waals surface area contributed by atoms with Crippen molar-refractivity contribution in [3.8, 4) is 0 Å². The molecule has 116 valence electrons. The maximum absolute atomic E-state index is 13.1. The number of nitrogens with zero attached hydrogens (tertiary/aromatic N) is 1. The van der Waals surface area contributed by atoms with Crippen LogP contribution in [0.25, 0.3) is 0 Å². The second-order valence-electron chi connectivity index (χ2n) is 5.82. The molecular weight excluding hydrogens is 293 g/mol. The van der Waals surface area contributed by atoms with Crippen LogP contribution in [0.4, 0.5) is 4.39 Å². The quantitative estimate of drug-likeness (QED) is 0.909. The first-order chi connectivity index (χ1) is 9.89. The maximum atomic E-state index is 13.1. The molecule has 0 amide bonds. The van der Waals surface area contributed by atoms with Gasteiger partial charge in [-0.3, -0.25) is 9.69 Å². The van der Waals surface area contributed by atoms with E-state index in [0.29, 0.717) is 24.3 Å². The van der Waals surface area contributed by atoms with Crippen LogP contribution in [0.5, 0.6) is 0 Å². The summed E-state index contributed by atoms with van der Waals surface area (Å²) < 4.78 is 13.1. The van der Waals surface area contributed by atoms with Crippen molar-refractivity contribution >= 4 is 17.6 Å². The van der Waals surface area contributed by atoms with Crippen molar-refractivity contribution < 1.29 is 14.3 Å². The standard InChI is InChI=1S/C16H21ClFNO2/c1-3-16(15(20)21)6-8-19(9-7-16)11(2)13-5-4-12(18)10-14(13)17/h4-5,10-11H,3,6-9H2,1-2H3,(H,20,21). The number of carboxylic acid groups (broad SMARTS) is 1. The number of carbonyl (C=O) groups is 1. The van der Waals surface area contributed by atoms with E-state index >= 15 is 0 Å². The minimum Gasteiger partial charge on any atom is -0.481 e. The number of hydrogen-bond acceptors (Lipinski definition) is 2. The highest BCUT2D eigenvalue weighted by Crippen LogP contribution is 2.38. The lowest BCUT2D eigenvalue weighted by Crippen LogP contribution is -2.44. The zero-order valence-corrected chi connectivity index (χ0v) is 13.2. The number of aliphatic carboxylic acids is 1. The van der Waals surface area contributed by atoms with Gasteiger partial charge in [-0.05, 0) is 57.0 Å². The minimum absolute atomic E-state index is 0.0572. The number of benzene rings is 1. The lowest BCUT2D eigenvalue weighted by Gasteiger charge is -2.41. The van der Waals surface area contributed by atoms with E-state index in [1.54, 1.807) is 6.07 Å². The van der Waals surface area contributed by atoms with Gasteiger partial charge in [0.25, 0.3) is 0 Å². The van der Waals surface area contributed by atoms with Crippen molar-refractivity contribution in [2.45, 2.75) is 39.2 Å². The van der Waals surface area contributed by atoms with Crippen molar-refractivity contribution in [3.63, 3.8) is 0 Å². The first-order valence-corrected chi connectivity index (χ1v) is 7.70. The van der Waals surface area contributed by atoms with Gasteiger partial charge in [0, 0.05) is 11.1 Å². The third-order valence-corrected chi connectivity index (χ3v) is 5.17. The highest BCUT2D eigenvalue weighted by atomic mass is 35.5. The van der Waals surface area contributed by atoms with Gasteiger partial charge in [-0.1, -0.05) is 24.6 Å². The van der Waals surface area contributed by atoms with E-state index in [9.17, 15) is 14.3 Å². The highest BCUT2D eigenvalue weighted by molar-refractivity contribution is 6.31. The summed E-state index contributed by atoms with van der Waals surface area (Å²) in [6.45, 7) is 5.40. The molecule has 1 aromatic rings. The molecule has 1 aromatic carbocycles. The summed E-state index contributed by atoms with van der Waals surface area (Å²) in [6.07, 6.45) is 1.94. The monoisotopic (exact) mass is 313 g/mol. The van der Waals surface area contributed by atoms with E-state index in [-0.39, 0.29) is 11.9 Å². The van der Waals surface area contributed by atoms with E-state index in [1.807, 2.05) is 13.8 Å². The van der Waals surface area contributed by atoms with Crippen LogP contribution in [0.15, 0.2) is 18.2 Å². The second kappa shape index (κ2) is 6.32. The number of piperidine rings is 1. The first-order valence-electron chi connectivity index (χ1n) is 7.32. The third kappa shape index (κ3) is 3.22. The molecule has 3 nitrogen and oxygen atoms in total. The molecule has 1 aliphatic rings. The fourth-order valence-electron chi connectivity index (χ4n) is 3.10. The Balaban J connectivity index is 2.09. The van der Waals surface area contributed by atoms with Crippen LogP contribution in [0.1, 0.15) is 44.7 Å². The molecule has 1 atom stereocenters. The fraction of sp³-hybridized carbons (Fsp3) is 0.562. The molecule has 0 radical (unpaired) electrons. The predicted octanol–water partition coefficient (Wildman–Crippen LogP) is 4.12. The Hall–Kier alpha value is -1.13. The van der Waals surface area contributed by atoms with Crippen molar-refractivity contribution in [3.05, 3.63) is 34.6 Å². The number of rotatable bonds is 4. The second-order valence-corrected chi connectivity index (χ2v) is 6.22. The number of likely N-dealkylation sites (tertiary alicyclic amines) is 1. The Bertz CT molecular complexity index is 527. The molecule has 1 heterocycles. The van der Waals surface area contributed by atoms with Gasteiger partial charge in [-0.25, -0.2) is 4.39 Å². The zero-order chi connectivity index (χ0) is 15.6. The van der Waals surface area contributed by atoms with Crippen LogP contribution in [0.3, 0.4) is 0 Å². The minimum atomic E-state index is -0.697. The van der Waals surface area contributed by atoms with Crippen LogP contribution in [-0.4, -0.2) is 29.1 Å². The largest absolute Gasteiger partial charge is 0.481 e. The summed E-state index contributed by atoms with van der Waals surface area (Å²) in [5, 5.41) is 9.85. The van der Waals surface area contributed by atoms with E-state index < -0.39 is 11.4 Å². The van der Waals surface area contributed by atoms with Gasteiger partial charge in [-0.2, -0.15) is 0 Å². The molecule has 1 N–H and O–H groups in total. The zero-order valence-electron chi connectivity index (χ0n) is 12.4. The van der Waals surface area contributed by atoms with Crippen LogP contribution < -0.4 is 0 Å². The van der Waals surface area contributed by atoms with E-state index in [4.69, 9.17) is 11.6 Å². The summed E-state index contributed by atoms with van der Waals surface area (Å²) in [5.41, 5.74) is 0.292. The van der Waals surface area contributed by atoms with Crippen LogP contribution in [-0.2, 0) is 4.79 Å². The van der Waals surface area contributed by atoms with E-state index in [2.05, 4.69) is 4.90 Å². The average molecular weight is 314 g/mol. The van der Waals surface area contributed by atoms with Crippen molar-refractivity contribution in [1.82, 2.24) is 4.90 Å². The smallest absolute Gasteiger partial charge is 0.309 e. The van der Waals surface area contributed by atoms with Gasteiger partial charge in [0.2, 0.25) is 0 Å². The summed E-state index contributed by atoms with van der Waals surface area (Å²) in [5.74, 6) is -1.04. The molecular formula is C16H21ClFNO2. The molecule has 5 heteroatoms. The Labute approximate surface area is 129 Å². The molecule has 0 saturated carbocycles. The molecule has 1 unspecified atom stereocenters. The van der Waals surface area contributed by atoms with Gasteiger partial charge in [0.05, 0.1) is 5.41 Å². The maximum Gasteiger partial charge on any atom is 0.309 e. The van der Waals surface area contributed by atoms with Gasteiger partial charge < -0.3 is 5.11 Å². The lowest BCUT2D eigenvalue weighted by atomic mass is 9.76. The predicted molar refractivity (Wildman–Crippen MR) is 81.0 cm³/mol. The highest BCUT2D eigenvalue weighted by Gasteiger charge is 2.40. The Morgan fingerprint density at radius 2 is 2.10 bits per heavy atom. The summed E-state index contributed by atoms with van der Waals surface area (Å²) in [4.78, 5) is 13.7. The lowest BCUT2D eigenvalue weighted by molar-refractivity contribution is -0.152. The number of hydrogen-bond donors (Lipinski definition) is 1. The molecule has 1 aliphatic heterocycles. The number of carboxylic acids is 1. The Morgan fingerprint density at radius 3 is 2.57 bits per heavy atom. The molecule has 2 rings (SSSR count). The van der Waals surface area contributed by atoms with Gasteiger partial charge in [0.1, 0.15) is 5.82 Å². The molecule has 0 aliphatic carbocycles. The van der Waals surface area contributed by atoms with Gasteiger partial charge in [-0.15, -0.1) is 0 Å². The molecule has 1 saturated heterocycles. The van der Waals surface area contributed by atoms with Crippen molar-refractivity contribution in [2.75, 3.05) is 13.1 Å². The molecule has 0 aromatic heterocycles. The van der Waals surface area contributed by atoms with Crippen molar-refractivity contribution in [2.24, 2.45) is 5.41 Å². The third-order valence-electron chi connectivity index (χ3n) is 4.85. The van der Waals surface area contributed by atoms with Crippen LogP contribution in [0, 0.1) is 11.2 Å². The topological polar surface area (TPSA) is 40.5 Å². The van der Waals surface area contributed by atoms with E-state index in [1.165, 1.54) is 12.1 Å². The van der Waals surface area contributed by atoms with Gasteiger partial charge >= 0.3 is 5.97 Å². The van der Waals surface area contributed by atoms with Crippen LogP contribution in [0.2, 0.25) is 5.02 Å². The summed E-state index contributed by atoms with van der Waals surface area (Å²) in [6, 6.07) is 4.50. The average Bonchev–Trinajstić information content (AvgIpc) is 2.46. The summed E-state index contributed by atoms with van der Waals surface area (Å²) in [7, 11) is 0. The molecule has 0 bridgehead atoms. The van der Waals surface area contributed by atoms with Gasteiger partial charge in [0.15, 0.2) is 0 Å². The number of halogens is 2.